The molecule has 6 rings (SSSR count). The zero-order chi connectivity index (χ0) is 33.6. The van der Waals surface area contributed by atoms with E-state index in [0.29, 0.717) is 46.8 Å². The van der Waals surface area contributed by atoms with Crippen molar-refractivity contribution in [2.45, 2.75) is 39.5 Å². The van der Waals surface area contributed by atoms with E-state index in [9.17, 15) is 20.4 Å². The van der Waals surface area contributed by atoms with E-state index in [2.05, 4.69) is 9.13 Å². The first-order valence-electron chi connectivity index (χ1n) is 15.9. The molecule has 246 valence electrons. The number of aliphatic hydroxyl groups excluding tert-OH is 4. The van der Waals surface area contributed by atoms with Crippen molar-refractivity contribution in [1.82, 2.24) is 9.13 Å². The van der Waals surface area contributed by atoms with E-state index in [0.717, 1.165) is 45.0 Å². The van der Waals surface area contributed by atoms with Gasteiger partial charge in [0.2, 0.25) is 0 Å². The maximum Gasteiger partial charge on any atom is 0.118 e. The molecule has 0 spiro atoms. The van der Waals surface area contributed by atoms with Crippen LogP contribution in [0.5, 0.6) is 11.5 Å². The number of hydrogen-bond donors (Lipinski definition) is 4. The number of nitrogens with zero attached hydrogens (tertiary/aromatic N) is 2. The second kappa shape index (κ2) is 14.8. The molecular weight excluding hydrogens is 604 g/mol. The first-order chi connectivity index (χ1) is 23.6. The van der Waals surface area contributed by atoms with Crippen LogP contribution in [-0.2, 0) is 39.5 Å². The van der Waals surface area contributed by atoms with Gasteiger partial charge in [-0.2, -0.15) is 0 Å². The third-order valence-electron chi connectivity index (χ3n) is 8.95. The Labute approximate surface area is 280 Å². The molecule has 0 aliphatic heterocycles. The van der Waals surface area contributed by atoms with Crippen LogP contribution in [0, 0.1) is 0 Å². The van der Waals surface area contributed by atoms with Gasteiger partial charge >= 0.3 is 0 Å². The molecule has 8 heteroatoms. The molecule has 0 amide bonds. The summed E-state index contributed by atoms with van der Waals surface area (Å²) in [6.45, 7) is -0.157. The van der Waals surface area contributed by atoms with Gasteiger partial charge in [-0.15, -0.1) is 0 Å². The van der Waals surface area contributed by atoms with Crippen LogP contribution >= 0.6 is 0 Å². The van der Waals surface area contributed by atoms with Crippen molar-refractivity contribution in [3.05, 3.63) is 131 Å². The summed E-state index contributed by atoms with van der Waals surface area (Å²) in [5.74, 6) is 1.43. The molecule has 4 aromatic carbocycles. The standard InChI is InChI=1S/C40H40N2O6/c1-47-31-17-13-29(14-18-31)39-35(25-45)33(23-43)37(27-9-5-3-6-10-27)41(39)21-22-42-38(28-11-7-4-8-12-28)34(24-44)36(26-46)40(42)30-15-19-32(48-2)20-16-30/h3-20,43-46H,21-26H2,1-2H3. The van der Waals surface area contributed by atoms with Crippen LogP contribution in [0.4, 0.5) is 0 Å². The highest BCUT2D eigenvalue weighted by atomic mass is 16.5. The number of ether oxygens (including phenoxy) is 2. The first-order valence-corrected chi connectivity index (χ1v) is 15.9. The highest BCUT2D eigenvalue weighted by Gasteiger charge is 2.27. The zero-order valence-corrected chi connectivity index (χ0v) is 27.1. The van der Waals surface area contributed by atoms with E-state index in [1.807, 2.05) is 109 Å². The molecule has 2 heterocycles. The Balaban J connectivity index is 1.61. The van der Waals surface area contributed by atoms with Crippen molar-refractivity contribution in [3.8, 4) is 56.5 Å². The van der Waals surface area contributed by atoms with E-state index in [-0.39, 0.29) is 26.4 Å². The summed E-state index contributed by atoms with van der Waals surface area (Å²) in [6, 6.07) is 35.1. The predicted octanol–water partition coefficient (Wildman–Crippen LogP) is 6.64. The quantitative estimate of drug-likeness (QED) is 0.112. The van der Waals surface area contributed by atoms with Crippen LogP contribution in [0.1, 0.15) is 22.3 Å². The second-order valence-corrected chi connectivity index (χ2v) is 11.4. The highest BCUT2D eigenvalue weighted by Crippen LogP contribution is 2.41. The lowest BCUT2D eigenvalue weighted by atomic mass is 10.0. The molecule has 8 nitrogen and oxygen atoms in total. The SMILES string of the molecule is COc1ccc(-c2c(CO)c(CO)c(-c3ccccc3)n2CCn2c(-c3ccccc3)c(CO)c(CO)c2-c2ccc(OC)cc2)cc1. The molecule has 0 atom stereocenters. The van der Waals surface area contributed by atoms with Crippen molar-refractivity contribution in [2.75, 3.05) is 14.2 Å². The van der Waals surface area contributed by atoms with Crippen molar-refractivity contribution in [3.63, 3.8) is 0 Å². The van der Waals surface area contributed by atoms with Gasteiger partial charge in [0.25, 0.3) is 0 Å². The summed E-state index contributed by atoms with van der Waals surface area (Å²) in [6.07, 6.45) is 0. The normalized spacial score (nSPS) is 11.2. The van der Waals surface area contributed by atoms with Crippen molar-refractivity contribution < 1.29 is 29.9 Å². The third-order valence-corrected chi connectivity index (χ3v) is 8.95. The molecule has 48 heavy (non-hydrogen) atoms. The molecular formula is C40H40N2O6. The second-order valence-electron chi connectivity index (χ2n) is 11.4. The monoisotopic (exact) mass is 644 g/mol. The molecule has 0 bridgehead atoms. The smallest absolute Gasteiger partial charge is 0.118 e. The molecule has 4 N–H and O–H groups in total. The number of benzene rings is 4. The molecule has 0 unspecified atom stereocenters. The van der Waals surface area contributed by atoms with E-state index >= 15 is 0 Å². The number of rotatable bonds is 13. The van der Waals surface area contributed by atoms with Crippen molar-refractivity contribution >= 4 is 0 Å². The van der Waals surface area contributed by atoms with Gasteiger partial charge in [0.05, 0.1) is 63.4 Å². The molecule has 0 saturated carbocycles. The van der Waals surface area contributed by atoms with Gasteiger partial charge < -0.3 is 39.0 Å². The molecule has 2 aromatic heterocycles. The lowest BCUT2D eigenvalue weighted by Crippen LogP contribution is -2.12. The Morgan fingerprint density at radius 1 is 0.396 bits per heavy atom. The Bertz CT molecular complexity index is 1820. The number of methoxy groups -OCH3 is 2. The number of aromatic nitrogens is 2. The Morgan fingerprint density at radius 2 is 0.667 bits per heavy atom. The fourth-order valence-electron chi connectivity index (χ4n) is 6.79. The van der Waals surface area contributed by atoms with Gasteiger partial charge in [-0.3, -0.25) is 0 Å². The van der Waals surface area contributed by atoms with E-state index in [4.69, 9.17) is 9.47 Å². The van der Waals surface area contributed by atoms with Crippen LogP contribution in [0.25, 0.3) is 45.0 Å². The predicted molar refractivity (Wildman–Crippen MR) is 187 cm³/mol. The summed E-state index contributed by atoms with van der Waals surface area (Å²) >= 11 is 0. The van der Waals surface area contributed by atoms with Crippen molar-refractivity contribution in [2.24, 2.45) is 0 Å². The molecule has 6 aromatic rings. The highest BCUT2D eigenvalue weighted by molar-refractivity contribution is 5.79. The summed E-state index contributed by atoms with van der Waals surface area (Å²) in [5, 5.41) is 43.1. The van der Waals surface area contributed by atoms with Gasteiger partial charge in [0, 0.05) is 35.3 Å². The van der Waals surface area contributed by atoms with Crippen LogP contribution in [0.3, 0.4) is 0 Å². The van der Waals surface area contributed by atoms with E-state index < -0.39 is 0 Å². The van der Waals surface area contributed by atoms with Crippen LogP contribution in [-0.4, -0.2) is 43.8 Å². The number of aliphatic hydroxyl groups is 4. The van der Waals surface area contributed by atoms with Gasteiger partial charge in [-0.25, -0.2) is 0 Å². The molecule has 0 aliphatic rings. The fourth-order valence-corrected chi connectivity index (χ4v) is 6.79. The van der Waals surface area contributed by atoms with Crippen LogP contribution in [0.2, 0.25) is 0 Å². The van der Waals surface area contributed by atoms with E-state index in [1.54, 1.807) is 14.2 Å². The van der Waals surface area contributed by atoms with Gasteiger partial charge in [0.1, 0.15) is 11.5 Å². The maximum absolute atomic E-state index is 10.8. The average molecular weight is 645 g/mol. The lowest BCUT2D eigenvalue weighted by Gasteiger charge is -2.20. The molecule has 0 radical (unpaired) electrons. The molecule has 0 saturated heterocycles. The Kier molecular flexibility index (Phi) is 10.1. The van der Waals surface area contributed by atoms with Crippen LogP contribution < -0.4 is 9.47 Å². The minimum Gasteiger partial charge on any atom is -0.497 e. The number of hydrogen-bond acceptors (Lipinski definition) is 6. The summed E-state index contributed by atoms with van der Waals surface area (Å²) < 4.78 is 15.2. The average Bonchev–Trinajstić information content (AvgIpc) is 3.66. The molecule has 0 aliphatic carbocycles. The Hall–Kier alpha value is -5.12. The molecule has 0 fully saturated rings. The fraction of sp³-hybridized carbons (Fsp3) is 0.200. The van der Waals surface area contributed by atoms with Gasteiger partial charge in [0.15, 0.2) is 0 Å². The topological polar surface area (TPSA) is 109 Å². The minimum absolute atomic E-state index is 0.254. The van der Waals surface area contributed by atoms with Crippen molar-refractivity contribution in [1.29, 1.82) is 0 Å². The van der Waals surface area contributed by atoms with Gasteiger partial charge in [-0.05, 0) is 70.8 Å². The Morgan fingerprint density at radius 3 is 0.917 bits per heavy atom. The minimum atomic E-state index is -0.261. The summed E-state index contributed by atoms with van der Waals surface area (Å²) in [7, 11) is 3.24. The first kappa shape index (κ1) is 32.8. The van der Waals surface area contributed by atoms with Crippen LogP contribution in [0.15, 0.2) is 109 Å². The van der Waals surface area contributed by atoms with E-state index in [1.165, 1.54) is 0 Å². The summed E-state index contributed by atoms with van der Waals surface area (Å²) in [4.78, 5) is 0. The summed E-state index contributed by atoms with van der Waals surface area (Å²) in [5.41, 5.74) is 9.42. The lowest BCUT2D eigenvalue weighted by molar-refractivity contribution is 0.262. The largest absolute Gasteiger partial charge is 0.497 e. The van der Waals surface area contributed by atoms with Gasteiger partial charge in [-0.1, -0.05) is 60.7 Å². The maximum atomic E-state index is 10.8. The zero-order valence-electron chi connectivity index (χ0n) is 27.1. The third kappa shape index (κ3) is 6.03.